The molecule has 0 unspecified atom stereocenters. The van der Waals surface area contributed by atoms with E-state index in [1.807, 2.05) is 6.07 Å². The predicted octanol–water partition coefficient (Wildman–Crippen LogP) is 3.01. The molecule has 0 saturated carbocycles. The van der Waals surface area contributed by atoms with Crippen LogP contribution in [0.4, 0.5) is 17.1 Å². The molecule has 0 aliphatic heterocycles. The second-order valence-corrected chi connectivity index (χ2v) is 5.22. The molecule has 0 bridgehead atoms. The largest absolute Gasteiger partial charge is 0.397 e. The topological polar surface area (TPSA) is 90.9 Å². The van der Waals surface area contributed by atoms with Crippen molar-refractivity contribution in [2.75, 3.05) is 18.1 Å². The van der Waals surface area contributed by atoms with Crippen LogP contribution in [0.3, 0.4) is 0 Å². The molecule has 0 heterocycles. The fourth-order valence-corrected chi connectivity index (χ4v) is 2.17. The number of nitrogens with two attached hydrogens (primary N) is 1. The quantitative estimate of drug-likeness (QED) is 0.746. The summed E-state index contributed by atoms with van der Waals surface area (Å²) in [5.74, 6) is -0.200. The predicted molar refractivity (Wildman–Crippen MR) is 86.4 cm³/mol. The molecular weight excluding hydrogens is 332 g/mol. The Hall–Kier alpha value is -2.52. The van der Waals surface area contributed by atoms with Gasteiger partial charge >= 0.3 is 0 Å². The molecule has 5 nitrogen and oxygen atoms in total. The Bertz CT molecular complexity index is 737. The molecule has 0 spiro atoms. The van der Waals surface area contributed by atoms with Crippen LogP contribution in [0.5, 0.6) is 0 Å². The van der Waals surface area contributed by atoms with Crippen molar-refractivity contribution in [3.63, 3.8) is 0 Å². The van der Waals surface area contributed by atoms with Gasteiger partial charge < -0.3 is 16.4 Å². The minimum atomic E-state index is -0.200. The van der Waals surface area contributed by atoms with Crippen molar-refractivity contribution in [1.82, 2.24) is 5.32 Å². The van der Waals surface area contributed by atoms with Gasteiger partial charge in [0.2, 0.25) is 0 Å². The summed E-state index contributed by atoms with van der Waals surface area (Å²) in [6.07, 6.45) is 0. The summed E-state index contributed by atoms with van der Waals surface area (Å²) in [4.78, 5) is 11.7. The Morgan fingerprint density at radius 3 is 2.67 bits per heavy atom. The van der Waals surface area contributed by atoms with Crippen LogP contribution >= 0.6 is 15.9 Å². The maximum absolute atomic E-state index is 11.7. The number of nitrogens with one attached hydrogen (secondary N) is 2. The highest BCUT2D eigenvalue weighted by atomic mass is 79.9. The van der Waals surface area contributed by atoms with Crippen LogP contribution in [0, 0.1) is 11.3 Å². The van der Waals surface area contributed by atoms with E-state index in [4.69, 9.17) is 11.0 Å². The molecule has 0 fully saturated rings. The monoisotopic (exact) mass is 344 g/mol. The van der Waals surface area contributed by atoms with Gasteiger partial charge in [-0.25, -0.2) is 0 Å². The van der Waals surface area contributed by atoms with Gasteiger partial charge in [-0.05, 0) is 36.4 Å². The van der Waals surface area contributed by atoms with E-state index in [0.717, 1.165) is 4.47 Å². The zero-order valence-electron chi connectivity index (χ0n) is 11.3. The van der Waals surface area contributed by atoms with E-state index in [2.05, 4.69) is 32.6 Å². The number of hydrogen-bond donors (Lipinski definition) is 3. The fraction of sp³-hybridized carbons (Fsp3) is 0.0667. The van der Waals surface area contributed by atoms with Crippen molar-refractivity contribution in [3.8, 4) is 6.07 Å². The molecular formula is C15H13BrN4O. The highest BCUT2D eigenvalue weighted by Gasteiger charge is 2.09. The van der Waals surface area contributed by atoms with Crippen molar-refractivity contribution in [2.45, 2.75) is 0 Å². The maximum Gasteiger partial charge on any atom is 0.251 e. The van der Waals surface area contributed by atoms with Gasteiger partial charge in [-0.2, -0.15) is 5.26 Å². The Labute approximate surface area is 130 Å². The zero-order chi connectivity index (χ0) is 15.4. The molecule has 0 atom stereocenters. The van der Waals surface area contributed by atoms with Gasteiger partial charge in [-0.3, -0.25) is 4.79 Å². The van der Waals surface area contributed by atoms with Crippen LogP contribution in [0.15, 0.2) is 40.9 Å². The summed E-state index contributed by atoms with van der Waals surface area (Å²) >= 11 is 3.32. The lowest BCUT2D eigenvalue weighted by atomic mass is 10.1. The third kappa shape index (κ3) is 3.33. The Kier molecular flexibility index (Phi) is 4.45. The van der Waals surface area contributed by atoms with Gasteiger partial charge in [0.25, 0.3) is 5.91 Å². The third-order valence-corrected chi connectivity index (χ3v) is 3.41. The second kappa shape index (κ2) is 6.29. The number of halogens is 1. The van der Waals surface area contributed by atoms with Gasteiger partial charge in [-0.15, -0.1) is 0 Å². The van der Waals surface area contributed by atoms with Crippen LogP contribution in [-0.4, -0.2) is 13.0 Å². The fourth-order valence-electron chi connectivity index (χ4n) is 1.81. The van der Waals surface area contributed by atoms with Crippen molar-refractivity contribution in [2.24, 2.45) is 0 Å². The molecule has 21 heavy (non-hydrogen) atoms. The minimum absolute atomic E-state index is 0.200. The van der Waals surface area contributed by atoms with Crippen molar-refractivity contribution in [1.29, 1.82) is 5.26 Å². The number of benzene rings is 2. The number of anilines is 3. The van der Waals surface area contributed by atoms with Crippen LogP contribution in [0.25, 0.3) is 0 Å². The average Bonchev–Trinajstić information content (AvgIpc) is 2.50. The molecule has 106 valence electrons. The lowest BCUT2D eigenvalue weighted by molar-refractivity contribution is 0.0963. The van der Waals surface area contributed by atoms with Gasteiger partial charge in [-0.1, -0.05) is 15.9 Å². The number of hydrogen-bond acceptors (Lipinski definition) is 4. The molecule has 0 saturated heterocycles. The summed E-state index contributed by atoms with van der Waals surface area (Å²) in [7, 11) is 1.56. The second-order valence-electron chi connectivity index (χ2n) is 4.31. The number of amides is 1. The lowest BCUT2D eigenvalue weighted by Gasteiger charge is -2.12. The number of nitriles is 1. The van der Waals surface area contributed by atoms with E-state index in [0.29, 0.717) is 28.2 Å². The normalized spacial score (nSPS) is 9.76. The summed E-state index contributed by atoms with van der Waals surface area (Å²) in [5, 5.41) is 14.8. The zero-order valence-corrected chi connectivity index (χ0v) is 12.9. The Balaban J connectivity index is 2.40. The van der Waals surface area contributed by atoms with E-state index in [9.17, 15) is 4.79 Å². The first-order valence-corrected chi connectivity index (χ1v) is 6.92. The minimum Gasteiger partial charge on any atom is -0.397 e. The summed E-state index contributed by atoms with van der Waals surface area (Å²) in [6, 6.07) is 12.4. The molecule has 6 heteroatoms. The Morgan fingerprint density at radius 1 is 1.24 bits per heavy atom. The smallest absolute Gasteiger partial charge is 0.251 e. The number of carbonyl (C=O) groups excluding carboxylic acids is 1. The molecule has 0 aliphatic rings. The molecule has 0 radical (unpaired) electrons. The van der Waals surface area contributed by atoms with Gasteiger partial charge in [0.15, 0.2) is 0 Å². The van der Waals surface area contributed by atoms with E-state index in [1.54, 1.807) is 37.4 Å². The van der Waals surface area contributed by atoms with Crippen LogP contribution in [0.1, 0.15) is 15.9 Å². The molecule has 2 aromatic rings. The summed E-state index contributed by atoms with van der Waals surface area (Å²) in [6.45, 7) is 0. The van der Waals surface area contributed by atoms with Crippen molar-refractivity contribution in [3.05, 3.63) is 52.0 Å². The highest BCUT2D eigenvalue weighted by Crippen LogP contribution is 2.28. The first-order chi connectivity index (χ1) is 10.0. The maximum atomic E-state index is 11.7. The molecule has 2 rings (SSSR count). The lowest BCUT2D eigenvalue weighted by Crippen LogP contribution is -2.18. The van der Waals surface area contributed by atoms with Crippen LogP contribution in [0.2, 0.25) is 0 Å². The van der Waals surface area contributed by atoms with Crippen molar-refractivity contribution >= 4 is 38.9 Å². The van der Waals surface area contributed by atoms with E-state index in [-0.39, 0.29) is 5.91 Å². The van der Waals surface area contributed by atoms with Gasteiger partial charge in [0, 0.05) is 17.1 Å². The third-order valence-electron chi connectivity index (χ3n) is 2.91. The Morgan fingerprint density at radius 2 is 2.00 bits per heavy atom. The molecule has 4 N–H and O–H groups in total. The number of rotatable bonds is 3. The molecule has 1 amide bonds. The number of carbonyl (C=O) groups is 1. The van der Waals surface area contributed by atoms with E-state index >= 15 is 0 Å². The van der Waals surface area contributed by atoms with E-state index in [1.165, 1.54) is 0 Å². The van der Waals surface area contributed by atoms with Gasteiger partial charge in [0.05, 0.1) is 22.6 Å². The number of nitrogens with zero attached hydrogens (tertiary/aromatic N) is 1. The average molecular weight is 345 g/mol. The summed E-state index contributed by atoms with van der Waals surface area (Å²) in [5.41, 5.74) is 8.59. The van der Waals surface area contributed by atoms with Crippen LogP contribution in [-0.2, 0) is 0 Å². The molecule has 0 aromatic heterocycles. The first kappa shape index (κ1) is 14.9. The highest BCUT2D eigenvalue weighted by molar-refractivity contribution is 9.10. The van der Waals surface area contributed by atoms with E-state index < -0.39 is 0 Å². The first-order valence-electron chi connectivity index (χ1n) is 6.13. The molecule has 0 aliphatic carbocycles. The SMILES string of the molecule is CNC(=O)c1ccc(N)c(Nc2ccc(Br)cc2C#N)c1. The van der Waals surface area contributed by atoms with Crippen LogP contribution < -0.4 is 16.4 Å². The number of nitrogen functional groups attached to an aromatic ring is 1. The summed E-state index contributed by atoms with van der Waals surface area (Å²) < 4.78 is 0.816. The standard InChI is InChI=1S/C15H13BrN4O/c1-19-15(21)9-2-4-12(18)14(7-9)20-13-5-3-11(16)6-10(13)8-17/h2-7,20H,18H2,1H3,(H,19,21). The van der Waals surface area contributed by atoms with Gasteiger partial charge in [0.1, 0.15) is 6.07 Å². The van der Waals surface area contributed by atoms with Crippen molar-refractivity contribution < 1.29 is 4.79 Å². The molecule has 2 aromatic carbocycles.